The number of aliphatic hydroxyl groups excluding tert-OH is 2. The van der Waals surface area contributed by atoms with Crippen molar-refractivity contribution in [3.05, 3.63) is 36.7 Å². The summed E-state index contributed by atoms with van der Waals surface area (Å²) in [6.45, 7) is 1.79. The van der Waals surface area contributed by atoms with Gasteiger partial charge in [-0.1, -0.05) is 30.3 Å². The molecule has 168 valence electrons. The molecule has 5 rings (SSSR count). The molecule has 10 nitrogen and oxygen atoms in total. The van der Waals surface area contributed by atoms with Crippen LogP contribution in [0.4, 0.5) is 5.82 Å². The number of benzene rings is 1. The average molecular weight is 438 g/mol. The molecule has 1 amide bonds. The Morgan fingerprint density at radius 2 is 1.97 bits per heavy atom. The number of aliphatic hydroxyl groups is 2. The van der Waals surface area contributed by atoms with E-state index in [0.29, 0.717) is 28.6 Å². The Morgan fingerprint density at radius 1 is 1.22 bits per heavy atom. The van der Waals surface area contributed by atoms with E-state index < -0.39 is 24.5 Å². The highest BCUT2D eigenvalue weighted by Gasteiger charge is 2.43. The van der Waals surface area contributed by atoms with Crippen molar-refractivity contribution < 1.29 is 19.7 Å². The molecule has 0 bridgehead atoms. The molecule has 2 fully saturated rings. The van der Waals surface area contributed by atoms with Crippen LogP contribution in [0.5, 0.6) is 0 Å². The molecule has 3 N–H and O–H groups in total. The first-order valence-electron chi connectivity index (χ1n) is 10.8. The normalized spacial score (nSPS) is 25.2. The number of nitrogens with zero attached hydrogens (tertiary/aromatic N) is 5. The minimum absolute atomic E-state index is 0.0144. The molecule has 1 aliphatic heterocycles. The topological polar surface area (TPSA) is 126 Å². The molecular formula is C22H26N6O4. The minimum Gasteiger partial charge on any atom is -0.388 e. The van der Waals surface area contributed by atoms with Crippen LogP contribution in [0.2, 0.25) is 0 Å². The molecule has 0 unspecified atom stereocenters. The lowest BCUT2D eigenvalue weighted by atomic mass is 10.1. The summed E-state index contributed by atoms with van der Waals surface area (Å²) in [5.41, 5.74) is 1.86. The van der Waals surface area contributed by atoms with E-state index >= 15 is 0 Å². The molecule has 1 saturated heterocycles. The van der Waals surface area contributed by atoms with Crippen LogP contribution in [0.3, 0.4) is 0 Å². The summed E-state index contributed by atoms with van der Waals surface area (Å²) in [4.78, 5) is 23.1. The van der Waals surface area contributed by atoms with Crippen molar-refractivity contribution in [3.8, 4) is 11.3 Å². The van der Waals surface area contributed by atoms with Gasteiger partial charge in [-0.3, -0.25) is 4.79 Å². The molecule has 1 aliphatic carbocycles. The van der Waals surface area contributed by atoms with E-state index in [4.69, 9.17) is 9.84 Å². The van der Waals surface area contributed by atoms with E-state index in [2.05, 4.69) is 15.3 Å². The number of amides is 1. The Labute approximate surface area is 184 Å². The minimum atomic E-state index is -1.16. The summed E-state index contributed by atoms with van der Waals surface area (Å²) in [5, 5.41) is 29.2. The van der Waals surface area contributed by atoms with Crippen molar-refractivity contribution >= 4 is 22.8 Å². The number of carbonyl (C=O) groups is 1. The van der Waals surface area contributed by atoms with Crippen LogP contribution in [-0.2, 0) is 9.53 Å². The molecule has 32 heavy (non-hydrogen) atoms. The van der Waals surface area contributed by atoms with E-state index in [1.165, 1.54) is 11.0 Å². The van der Waals surface area contributed by atoms with Gasteiger partial charge in [-0.15, -0.1) is 0 Å². The zero-order valence-electron chi connectivity index (χ0n) is 17.9. The Hall–Kier alpha value is -3.08. The monoisotopic (exact) mass is 438 g/mol. The maximum atomic E-state index is 12.5. The lowest BCUT2D eigenvalue weighted by Gasteiger charge is -2.17. The first-order chi connectivity index (χ1) is 15.5. The second-order valence-corrected chi connectivity index (χ2v) is 8.38. The molecule has 4 atom stereocenters. The van der Waals surface area contributed by atoms with Gasteiger partial charge in [0.15, 0.2) is 11.9 Å². The number of aromatic nitrogens is 4. The Kier molecular flexibility index (Phi) is 5.28. The van der Waals surface area contributed by atoms with Crippen LogP contribution in [-0.4, -0.2) is 78.7 Å². The summed E-state index contributed by atoms with van der Waals surface area (Å²) in [5.74, 6) is 0.457. The summed E-state index contributed by atoms with van der Waals surface area (Å²) in [7, 11) is 1.82. The third-order valence-corrected chi connectivity index (χ3v) is 6.15. The fourth-order valence-electron chi connectivity index (χ4n) is 4.06. The summed E-state index contributed by atoms with van der Waals surface area (Å²) in [6.07, 6.45) is -0.174. The number of nitrogens with one attached hydrogen (secondary N) is 1. The quantitative estimate of drug-likeness (QED) is 0.524. The molecule has 10 heteroatoms. The van der Waals surface area contributed by atoms with Crippen LogP contribution in [0.1, 0.15) is 26.0 Å². The van der Waals surface area contributed by atoms with Gasteiger partial charge in [-0.25, -0.2) is 14.6 Å². The van der Waals surface area contributed by atoms with E-state index in [1.54, 1.807) is 11.8 Å². The highest BCUT2D eigenvalue weighted by atomic mass is 16.6. The van der Waals surface area contributed by atoms with E-state index in [1.807, 2.05) is 37.4 Å². The number of ether oxygens (including phenoxy) is 1. The van der Waals surface area contributed by atoms with Gasteiger partial charge in [-0.05, 0) is 19.8 Å². The van der Waals surface area contributed by atoms with Crippen LogP contribution in [0.25, 0.3) is 22.3 Å². The van der Waals surface area contributed by atoms with Gasteiger partial charge in [-0.2, -0.15) is 5.10 Å². The number of carbonyl (C=O) groups excluding carboxylic acids is 1. The third kappa shape index (κ3) is 3.60. The average Bonchev–Trinajstić information content (AvgIpc) is 3.55. The van der Waals surface area contributed by atoms with Crippen LogP contribution >= 0.6 is 0 Å². The third-order valence-electron chi connectivity index (χ3n) is 6.15. The maximum Gasteiger partial charge on any atom is 0.241 e. The zero-order valence-corrected chi connectivity index (χ0v) is 17.9. The highest BCUT2D eigenvalue weighted by molar-refractivity contribution is 5.99. The van der Waals surface area contributed by atoms with Gasteiger partial charge in [0, 0.05) is 18.7 Å². The van der Waals surface area contributed by atoms with Crippen molar-refractivity contribution in [1.82, 2.24) is 24.6 Å². The van der Waals surface area contributed by atoms with E-state index in [9.17, 15) is 15.0 Å². The number of anilines is 1. The Balaban J connectivity index is 1.56. The molecular weight excluding hydrogens is 412 g/mol. The molecule has 3 aromatic rings. The zero-order chi connectivity index (χ0) is 22.4. The Bertz CT molecular complexity index is 1130. The number of hydrogen-bond acceptors (Lipinski definition) is 8. The second kappa shape index (κ2) is 8.12. The van der Waals surface area contributed by atoms with Gasteiger partial charge in [0.1, 0.15) is 30.0 Å². The summed E-state index contributed by atoms with van der Waals surface area (Å²) < 4.78 is 7.28. The maximum absolute atomic E-state index is 12.5. The number of hydrogen-bond donors (Lipinski definition) is 3. The first-order valence-corrected chi connectivity index (χ1v) is 10.8. The number of likely N-dealkylation sites (N-methyl/N-ethyl adjacent to an activating group) is 1. The van der Waals surface area contributed by atoms with Crippen molar-refractivity contribution in [2.45, 2.75) is 50.3 Å². The Morgan fingerprint density at radius 3 is 2.62 bits per heavy atom. The SMILES string of the molecule is C[C@H]1O[C@@H](n2nc(-c3ccccc3)c3c(NCC(=O)N(C)C4CC4)ncnc32)[C@H](O)[C@@H]1O. The second-order valence-electron chi connectivity index (χ2n) is 8.38. The van der Waals surface area contributed by atoms with Gasteiger partial charge in [0.25, 0.3) is 0 Å². The van der Waals surface area contributed by atoms with Gasteiger partial charge in [0.05, 0.1) is 18.0 Å². The molecule has 1 aromatic carbocycles. The van der Waals surface area contributed by atoms with E-state index in [-0.39, 0.29) is 12.5 Å². The van der Waals surface area contributed by atoms with Crippen molar-refractivity contribution in [2.24, 2.45) is 0 Å². The number of rotatable bonds is 6. The van der Waals surface area contributed by atoms with Crippen LogP contribution in [0, 0.1) is 0 Å². The smallest absolute Gasteiger partial charge is 0.241 e. The molecule has 0 spiro atoms. The standard InChI is InChI=1S/C22H26N6O4/c1-12-18(30)19(31)22(32-12)28-21-16(17(26-28)13-6-4-3-5-7-13)20(24-11-25-21)23-10-15(29)27(2)14-8-9-14/h3-7,11-12,14,18-19,22,30-31H,8-10H2,1-2H3,(H,23,24,25)/t12-,18-,19-,22-/m1/s1. The van der Waals surface area contributed by atoms with Gasteiger partial charge >= 0.3 is 0 Å². The van der Waals surface area contributed by atoms with E-state index in [0.717, 1.165) is 18.4 Å². The number of fused-ring (bicyclic) bond motifs is 1. The molecule has 0 radical (unpaired) electrons. The molecule has 2 aliphatic rings. The summed E-state index contributed by atoms with van der Waals surface area (Å²) >= 11 is 0. The fourth-order valence-corrected chi connectivity index (χ4v) is 4.06. The first kappa shape index (κ1) is 20.8. The summed E-state index contributed by atoms with van der Waals surface area (Å²) in [6, 6.07) is 9.87. The van der Waals surface area contributed by atoms with Gasteiger partial charge in [0.2, 0.25) is 5.91 Å². The van der Waals surface area contributed by atoms with Crippen molar-refractivity contribution in [1.29, 1.82) is 0 Å². The van der Waals surface area contributed by atoms with Crippen molar-refractivity contribution in [3.63, 3.8) is 0 Å². The molecule has 3 heterocycles. The fraction of sp³-hybridized carbons (Fsp3) is 0.455. The van der Waals surface area contributed by atoms with Crippen LogP contribution in [0.15, 0.2) is 36.7 Å². The predicted octanol–water partition coefficient (Wildman–Crippen LogP) is 1.17. The van der Waals surface area contributed by atoms with Gasteiger partial charge < -0.3 is 25.2 Å². The lowest BCUT2D eigenvalue weighted by molar-refractivity contribution is -0.128. The molecule has 1 saturated carbocycles. The van der Waals surface area contributed by atoms with Crippen molar-refractivity contribution in [2.75, 3.05) is 18.9 Å². The largest absolute Gasteiger partial charge is 0.388 e. The van der Waals surface area contributed by atoms with Crippen LogP contribution < -0.4 is 5.32 Å². The highest BCUT2D eigenvalue weighted by Crippen LogP contribution is 2.36. The molecule has 2 aromatic heterocycles. The predicted molar refractivity (Wildman–Crippen MR) is 117 cm³/mol. The lowest BCUT2D eigenvalue weighted by Crippen LogP contribution is -2.34.